The van der Waals surface area contributed by atoms with E-state index in [0.717, 1.165) is 16.8 Å². The van der Waals surface area contributed by atoms with Gasteiger partial charge in [-0.05, 0) is 24.3 Å². The number of nitrogens with zero attached hydrogens (tertiary/aromatic N) is 2. The zero-order valence-electron chi connectivity index (χ0n) is 13.2. The van der Waals surface area contributed by atoms with Gasteiger partial charge in [0.1, 0.15) is 23.4 Å². The van der Waals surface area contributed by atoms with E-state index >= 15 is 0 Å². The second-order valence-electron chi connectivity index (χ2n) is 4.78. The van der Waals surface area contributed by atoms with Gasteiger partial charge in [-0.2, -0.15) is 0 Å². The Morgan fingerprint density at radius 3 is 2.52 bits per heavy atom. The summed E-state index contributed by atoms with van der Waals surface area (Å²) in [6.07, 6.45) is 1.49. The standard InChI is InChI=1S/C17H17N3O3/c1-21-12-6-4-5-11(9-12)20-17-13-7-8-14(22-2)16(23-3)15(13)18-10-19-17/h4-10H,1-3H3,(H,18,19,20). The highest BCUT2D eigenvalue weighted by Gasteiger charge is 2.13. The number of ether oxygens (including phenoxy) is 3. The normalized spacial score (nSPS) is 10.4. The molecule has 0 fully saturated rings. The Morgan fingerprint density at radius 1 is 0.913 bits per heavy atom. The highest BCUT2D eigenvalue weighted by molar-refractivity contribution is 5.95. The van der Waals surface area contributed by atoms with E-state index in [2.05, 4.69) is 15.3 Å². The van der Waals surface area contributed by atoms with E-state index < -0.39 is 0 Å². The number of anilines is 2. The molecule has 1 aromatic heterocycles. The summed E-state index contributed by atoms with van der Waals surface area (Å²) in [5.41, 5.74) is 1.56. The number of hydrogen-bond donors (Lipinski definition) is 1. The average molecular weight is 311 g/mol. The van der Waals surface area contributed by atoms with E-state index in [1.807, 2.05) is 36.4 Å². The second-order valence-corrected chi connectivity index (χ2v) is 4.78. The van der Waals surface area contributed by atoms with Crippen LogP contribution < -0.4 is 19.5 Å². The van der Waals surface area contributed by atoms with Gasteiger partial charge >= 0.3 is 0 Å². The minimum absolute atomic E-state index is 0.584. The quantitative estimate of drug-likeness (QED) is 0.779. The van der Waals surface area contributed by atoms with Crippen molar-refractivity contribution < 1.29 is 14.2 Å². The van der Waals surface area contributed by atoms with Gasteiger partial charge in [0.05, 0.1) is 21.3 Å². The zero-order chi connectivity index (χ0) is 16.2. The highest BCUT2D eigenvalue weighted by atomic mass is 16.5. The Kier molecular flexibility index (Phi) is 4.14. The van der Waals surface area contributed by atoms with E-state index in [1.54, 1.807) is 21.3 Å². The molecular weight excluding hydrogens is 294 g/mol. The maximum absolute atomic E-state index is 5.43. The van der Waals surface area contributed by atoms with Crippen LogP contribution in [0.1, 0.15) is 0 Å². The molecule has 118 valence electrons. The van der Waals surface area contributed by atoms with Crippen LogP contribution in [0.2, 0.25) is 0 Å². The fourth-order valence-electron chi connectivity index (χ4n) is 2.38. The molecule has 23 heavy (non-hydrogen) atoms. The molecule has 0 unspecified atom stereocenters. The molecule has 1 N–H and O–H groups in total. The third-order valence-electron chi connectivity index (χ3n) is 3.48. The SMILES string of the molecule is COc1cccc(Nc2ncnc3c(OC)c(OC)ccc23)c1. The van der Waals surface area contributed by atoms with E-state index in [4.69, 9.17) is 14.2 Å². The van der Waals surface area contributed by atoms with Crippen LogP contribution in [0, 0.1) is 0 Å². The Morgan fingerprint density at radius 2 is 1.78 bits per heavy atom. The predicted molar refractivity (Wildman–Crippen MR) is 88.9 cm³/mol. The molecule has 3 rings (SSSR count). The van der Waals surface area contributed by atoms with Crippen LogP contribution in [0.25, 0.3) is 10.9 Å². The van der Waals surface area contributed by atoms with Gasteiger partial charge in [-0.25, -0.2) is 9.97 Å². The van der Waals surface area contributed by atoms with Crippen molar-refractivity contribution in [2.75, 3.05) is 26.6 Å². The molecule has 1 heterocycles. The summed E-state index contributed by atoms with van der Waals surface area (Å²) in [6, 6.07) is 11.4. The van der Waals surface area contributed by atoms with Crippen molar-refractivity contribution in [3.05, 3.63) is 42.7 Å². The van der Waals surface area contributed by atoms with Crippen LogP contribution in [0.15, 0.2) is 42.7 Å². The molecular formula is C17H17N3O3. The van der Waals surface area contributed by atoms with E-state index in [1.165, 1.54) is 6.33 Å². The number of fused-ring (bicyclic) bond motifs is 1. The zero-order valence-corrected chi connectivity index (χ0v) is 13.2. The number of nitrogens with one attached hydrogen (secondary N) is 1. The van der Waals surface area contributed by atoms with Crippen molar-refractivity contribution in [2.45, 2.75) is 0 Å². The summed E-state index contributed by atoms with van der Waals surface area (Å²) in [5, 5.41) is 4.12. The lowest BCUT2D eigenvalue weighted by molar-refractivity contribution is 0.358. The van der Waals surface area contributed by atoms with E-state index in [-0.39, 0.29) is 0 Å². The topological polar surface area (TPSA) is 65.5 Å². The van der Waals surface area contributed by atoms with Crippen LogP contribution >= 0.6 is 0 Å². The molecule has 6 heteroatoms. The van der Waals surface area contributed by atoms with Crippen molar-refractivity contribution in [1.29, 1.82) is 0 Å². The smallest absolute Gasteiger partial charge is 0.187 e. The fraction of sp³-hybridized carbons (Fsp3) is 0.176. The molecule has 0 amide bonds. The van der Waals surface area contributed by atoms with Crippen molar-refractivity contribution in [1.82, 2.24) is 9.97 Å². The molecule has 0 spiro atoms. The van der Waals surface area contributed by atoms with Crippen molar-refractivity contribution in [3.63, 3.8) is 0 Å². The fourth-order valence-corrected chi connectivity index (χ4v) is 2.38. The van der Waals surface area contributed by atoms with E-state index in [0.29, 0.717) is 22.8 Å². The third-order valence-corrected chi connectivity index (χ3v) is 3.48. The van der Waals surface area contributed by atoms with Crippen LogP contribution in [0.5, 0.6) is 17.2 Å². The van der Waals surface area contributed by atoms with Gasteiger partial charge in [0.15, 0.2) is 11.5 Å². The third kappa shape index (κ3) is 2.83. The molecule has 0 aliphatic heterocycles. The second kappa shape index (κ2) is 6.39. The minimum atomic E-state index is 0.584. The molecule has 0 aliphatic rings. The molecule has 0 saturated carbocycles. The van der Waals surface area contributed by atoms with Gasteiger partial charge < -0.3 is 19.5 Å². The van der Waals surface area contributed by atoms with Gasteiger partial charge in [-0.1, -0.05) is 6.07 Å². The molecule has 0 atom stereocenters. The van der Waals surface area contributed by atoms with Crippen molar-refractivity contribution >= 4 is 22.4 Å². The predicted octanol–water partition coefficient (Wildman–Crippen LogP) is 3.40. The average Bonchev–Trinajstić information content (AvgIpc) is 2.61. The van der Waals surface area contributed by atoms with Crippen molar-refractivity contribution in [2.24, 2.45) is 0 Å². The summed E-state index contributed by atoms with van der Waals surface area (Å²) >= 11 is 0. The monoisotopic (exact) mass is 311 g/mol. The first-order valence-corrected chi connectivity index (χ1v) is 7.03. The Bertz CT molecular complexity index is 836. The molecule has 6 nitrogen and oxygen atoms in total. The molecule has 2 aromatic carbocycles. The number of benzene rings is 2. The van der Waals surface area contributed by atoms with Crippen LogP contribution in [-0.4, -0.2) is 31.3 Å². The molecule has 0 bridgehead atoms. The first-order chi connectivity index (χ1) is 11.3. The lowest BCUT2D eigenvalue weighted by Crippen LogP contribution is -1.99. The number of methoxy groups -OCH3 is 3. The van der Waals surface area contributed by atoms with Gasteiger partial charge in [-0.15, -0.1) is 0 Å². The maximum atomic E-state index is 5.43. The lowest BCUT2D eigenvalue weighted by atomic mass is 10.2. The first kappa shape index (κ1) is 14.9. The van der Waals surface area contributed by atoms with Crippen LogP contribution in [0.3, 0.4) is 0 Å². The van der Waals surface area contributed by atoms with Gasteiger partial charge in [0.25, 0.3) is 0 Å². The first-order valence-electron chi connectivity index (χ1n) is 7.03. The Labute approximate surface area is 134 Å². The van der Waals surface area contributed by atoms with Gasteiger partial charge in [0, 0.05) is 17.1 Å². The maximum Gasteiger partial charge on any atom is 0.187 e. The molecule has 3 aromatic rings. The highest BCUT2D eigenvalue weighted by Crippen LogP contribution is 2.36. The molecule has 0 radical (unpaired) electrons. The number of rotatable bonds is 5. The van der Waals surface area contributed by atoms with E-state index in [9.17, 15) is 0 Å². The van der Waals surface area contributed by atoms with Crippen molar-refractivity contribution in [3.8, 4) is 17.2 Å². The number of hydrogen-bond acceptors (Lipinski definition) is 6. The molecule has 0 saturated heterocycles. The van der Waals surface area contributed by atoms with Crippen LogP contribution in [-0.2, 0) is 0 Å². The summed E-state index contributed by atoms with van der Waals surface area (Å²) in [4.78, 5) is 8.64. The summed E-state index contributed by atoms with van der Waals surface area (Å²) < 4.78 is 16.0. The summed E-state index contributed by atoms with van der Waals surface area (Å²) in [6.45, 7) is 0. The summed E-state index contributed by atoms with van der Waals surface area (Å²) in [5.74, 6) is 2.67. The lowest BCUT2D eigenvalue weighted by Gasteiger charge is -2.13. The summed E-state index contributed by atoms with van der Waals surface area (Å²) in [7, 11) is 4.82. The largest absolute Gasteiger partial charge is 0.497 e. The Balaban J connectivity index is 2.07. The van der Waals surface area contributed by atoms with Crippen LogP contribution in [0.4, 0.5) is 11.5 Å². The minimum Gasteiger partial charge on any atom is -0.497 e. The number of aromatic nitrogens is 2. The van der Waals surface area contributed by atoms with Gasteiger partial charge in [-0.3, -0.25) is 0 Å². The Hall–Kier alpha value is -3.02. The van der Waals surface area contributed by atoms with Gasteiger partial charge in [0.2, 0.25) is 0 Å². The molecule has 0 aliphatic carbocycles.